The molecule has 0 aromatic carbocycles. The lowest BCUT2D eigenvalue weighted by Crippen LogP contribution is -2.46. The molecule has 2 aliphatic heterocycles. The van der Waals surface area contributed by atoms with Gasteiger partial charge in [0.1, 0.15) is 15.8 Å². The fourth-order valence-electron chi connectivity index (χ4n) is 4.17. The largest absolute Gasteiger partial charge is 0.372 e. The van der Waals surface area contributed by atoms with Gasteiger partial charge in [0.25, 0.3) is 11.5 Å². The molecule has 2 aromatic rings. The SMILES string of the molecule is Cc1cccn2c(=O)c(/C=C3\SC(=S)N(CC(C)C)C3=O)c(N3CC(C)OC(C)C3)nc12. The Morgan fingerprint density at radius 1 is 1.28 bits per heavy atom. The van der Waals surface area contributed by atoms with Gasteiger partial charge in [0, 0.05) is 25.8 Å². The highest BCUT2D eigenvalue weighted by molar-refractivity contribution is 8.26. The van der Waals surface area contributed by atoms with Crippen molar-refractivity contribution in [2.45, 2.75) is 46.8 Å². The average Bonchev–Trinajstić information content (AvgIpc) is 2.96. The van der Waals surface area contributed by atoms with E-state index in [0.717, 1.165) is 5.56 Å². The molecule has 7 nitrogen and oxygen atoms in total. The number of rotatable bonds is 4. The average molecular weight is 473 g/mol. The summed E-state index contributed by atoms with van der Waals surface area (Å²) in [5.41, 5.74) is 1.73. The standard InChI is InChI=1S/C23H28N4O3S2/c1-13(2)10-27-22(29)18(32-23(27)31)9-17-20(25-11-15(4)30-16(5)12-25)24-19-14(3)7-6-8-26(19)21(17)28/h6-9,13,15-16H,10-12H2,1-5H3/b18-9-. The minimum Gasteiger partial charge on any atom is -0.372 e. The Morgan fingerprint density at radius 3 is 2.62 bits per heavy atom. The van der Waals surface area contributed by atoms with E-state index in [9.17, 15) is 9.59 Å². The van der Waals surface area contributed by atoms with Crippen LogP contribution in [0.3, 0.4) is 0 Å². The monoisotopic (exact) mass is 472 g/mol. The second-order valence-corrected chi connectivity index (χ2v) is 10.6. The van der Waals surface area contributed by atoms with Crippen molar-refractivity contribution in [1.29, 1.82) is 0 Å². The van der Waals surface area contributed by atoms with E-state index in [-0.39, 0.29) is 23.7 Å². The van der Waals surface area contributed by atoms with Crippen molar-refractivity contribution >= 4 is 51.7 Å². The minimum atomic E-state index is -0.199. The summed E-state index contributed by atoms with van der Waals surface area (Å²) in [6.07, 6.45) is 3.40. The number of nitrogens with zero attached hydrogens (tertiary/aromatic N) is 4. The van der Waals surface area contributed by atoms with Gasteiger partial charge in [0.15, 0.2) is 0 Å². The number of aryl methyl sites for hydroxylation is 1. The molecule has 32 heavy (non-hydrogen) atoms. The highest BCUT2D eigenvalue weighted by atomic mass is 32.2. The van der Waals surface area contributed by atoms with Gasteiger partial charge in [-0.3, -0.25) is 18.9 Å². The Balaban J connectivity index is 1.87. The van der Waals surface area contributed by atoms with Crippen LogP contribution in [0.2, 0.25) is 0 Å². The molecule has 0 radical (unpaired) electrons. The van der Waals surface area contributed by atoms with Crippen LogP contribution < -0.4 is 10.5 Å². The molecule has 9 heteroatoms. The second-order valence-electron chi connectivity index (χ2n) is 8.89. The summed E-state index contributed by atoms with van der Waals surface area (Å²) >= 11 is 6.69. The number of carbonyl (C=O) groups is 1. The first-order valence-electron chi connectivity index (χ1n) is 10.8. The van der Waals surface area contributed by atoms with E-state index < -0.39 is 0 Å². The molecule has 4 heterocycles. The molecule has 170 valence electrons. The van der Waals surface area contributed by atoms with Crippen LogP contribution in [-0.2, 0) is 9.53 Å². The lowest BCUT2D eigenvalue weighted by Gasteiger charge is -2.36. The molecule has 2 aromatic heterocycles. The zero-order chi connectivity index (χ0) is 23.2. The maximum Gasteiger partial charge on any atom is 0.267 e. The van der Waals surface area contributed by atoms with Crippen molar-refractivity contribution in [3.8, 4) is 0 Å². The number of carbonyl (C=O) groups excluding carboxylic acids is 1. The number of anilines is 1. The predicted molar refractivity (Wildman–Crippen MR) is 133 cm³/mol. The smallest absolute Gasteiger partial charge is 0.267 e. The molecule has 4 rings (SSSR count). The number of thioether (sulfide) groups is 1. The van der Waals surface area contributed by atoms with Crippen LogP contribution in [0, 0.1) is 12.8 Å². The summed E-state index contributed by atoms with van der Waals surface area (Å²) in [5, 5.41) is 0. The van der Waals surface area contributed by atoms with Gasteiger partial charge in [0.2, 0.25) is 0 Å². The van der Waals surface area contributed by atoms with Gasteiger partial charge in [-0.2, -0.15) is 0 Å². The summed E-state index contributed by atoms with van der Waals surface area (Å²) in [6, 6.07) is 3.77. The molecule has 2 unspecified atom stereocenters. The molecule has 2 fully saturated rings. The van der Waals surface area contributed by atoms with Crippen molar-refractivity contribution in [3.05, 3.63) is 44.7 Å². The number of hydrogen-bond acceptors (Lipinski definition) is 7. The van der Waals surface area contributed by atoms with Gasteiger partial charge >= 0.3 is 0 Å². The van der Waals surface area contributed by atoms with E-state index in [1.54, 1.807) is 21.6 Å². The van der Waals surface area contributed by atoms with E-state index >= 15 is 0 Å². The first-order valence-corrected chi connectivity index (χ1v) is 12.1. The van der Waals surface area contributed by atoms with E-state index in [4.69, 9.17) is 21.9 Å². The Kier molecular flexibility index (Phi) is 6.42. The first kappa shape index (κ1) is 22.9. The van der Waals surface area contributed by atoms with Crippen LogP contribution in [0.4, 0.5) is 5.82 Å². The number of pyridine rings is 1. The molecule has 0 spiro atoms. The zero-order valence-electron chi connectivity index (χ0n) is 19.0. The van der Waals surface area contributed by atoms with Gasteiger partial charge < -0.3 is 9.64 Å². The Labute approximate surface area is 197 Å². The number of amides is 1. The number of fused-ring (bicyclic) bond motifs is 1. The Morgan fingerprint density at radius 2 is 1.97 bits per heavy atom. The molecule has 2 aliphatic rings. The van der Waals surface area contributed by atoms with Crippen LogP contribution in [-0.4, -0.2) is 56.4 Å². The third kappa shape index (κ3) is 4.33. The molecule has 2 saturated heterocycles. The number of hydrogen-bond donors (Lipinski definition) is 0. The van der Waals surface area contributed by atoms with E-state index in [1.165, 1.54) is 11.8 Å². The number of thiocarbonyl (C=S) groups is 1. The van der Waals surface area contributed by atoms with Crippen LogP contribution >= 0.6 is 24.0 Å². The van der Waals surface area contributed by atoms with Gasteiger partial charge in [-0.05, 0) is 44.4 Å². The van der Waals surface area contributed by atoms with Gasteiger partial charge in [-0.1, -0.05) is 43.9 Å². The zero-order valence-corrected chi connectivity index (χ0v) is 20.6. The van der Waals surface area contributed by atoms with E-state index in [1.807, 2.05) is 46.8 Å². The van der Waals surface area contributed by atoms with E-state index in [0.29, 0.717) is 51.8 Å². The summed E-state index contributed by atoms with van der Waals surface area (Å²) in [4.78, 5) is 35.7. The van der Waals surface area contributed by atoms with Crippen LogP contribution in [0.15, 0.2) is 28.0 Å². The summed E-state index contributed by atoms with van der Waals surface area (Å²) in [5.74, 6) is 0.720. The second kappa shape index (κ2) is 8.96. The quantitative estimate of drug-likeness (QED) is 0.499. The fourth-order valence-corrected chi connectivity index (χ4v) is 5.43. The maximum atomic E-state index is 13.6. The molecule has 2 atom stereocenters. The van der Waals surface area contributed by atoms with E-state index in [2.05, 4.69) is 4.90 Å². The Hall–Kier alpha value is -2.23. The normalized spacial score (nSPS) is 23.2. The third-order valence-corrected chi connectivity index (χ3v) is 6.86. The molecular formula is C23H28N4O3S2. The molecule has 1 amide bonds. The van der Waals surface area contributed by atoms with Gasteiger partial charge in [0.05, 0.1) is 22.7 Å². The highest BCUT2D eigenvalue weighted by Crippen LogP contribution is 2.34. The molecule has 0 saturated carbocycles. The third-order valence-electron chi connectivity index (χ3n) is 5.48. The molecule has 0 N–H and O–H groups in total. The van der Waals surface area contributed by atoms with Crippen LogP contribution in [0.1, 0.15) is 38.8 Å². The first-order chi connectivity index (χ1) is 15.2. The van der Waals surface area contributed by atoms with Gasteiger partial charge in [-0.15, -0.1) is 0 Å². The minimum absolute atomic E-state index is 0.00738. The summed E-state index contributed by atoms with van der Waals surface area (Å²) in [7, 11) is 0. The molecule has 0 bridgehead atoms. The summed E-state index contributed by atoms with van der Waals surface area (Å²) in [6.45, 7) is 11.8. The van der Waals surface area contributed by atoms with Crippen molar-refractivity contribution < 1.29 is 9.53 Å². The van der Waals surface area contributed by atoms with Gasteiger partial charge in [-0.25, -0.2) is 4.98 Å². The number of morpholine rings is 1. The maximum absolute atomic E-state index is 13.6. The lowest BCUT2D eigenvalue weighted by molar-refractivity contribution is -0.122. The number of aromatic nitrogens is 2. The van der Waals surface area contributed by atoms with Crippen LogP contribution in [0.5, 0.6) is 0 Å². The van der Waals surface area contributed by atoms with Crippen molar-refractivity contribution in [2.24, 2.45) is 5.92 Å². The Bertz CT molecular complexity index is 1160. The fraction of sp³-hybridized carbons (Fsp3) is 0.478. The van der Waals surface area contributed by atoms with Crippen molar-refractivity contribution in [3.63, 3.8) is 0 Å². The molecule has 0 aliphatic carbocycles. The highest BCUT2D eigenvalue weighted by Gasteiger charge is 2.34. The lowest BCUT2D eigenvalue weighted by atomic mass is 10.1. The molecular weight excluding hydrogens is 444 g/mol. The topological polar surface area (TPSA) is 67.2 Å². The van der Waals surface area contributed by atoms with Crippen molar-refractivity contribution in [1.82, 2.24) is 14.3 Å². The number of ether oxygens (including phenoxy) is 1. The van der Waals surface area contributed by atoms with Crippen molar-refractivity contribution in [2.75, 3.05) is 24.5 Å². The summed E-state index contributed by atoms with van der Waals surface area (Å²) < 4.78 is 7.96. The van der Waals surface area contributed by atoms with Crippen LogP contribution in [0.25, 0.3) is 11.7 Å². The predicted octanol–water partition coefficient (Wildman–Crippen LogP) is 3.47.